The molecule has 1 rings (SSSR count). The third-order valence-corrected chi connectivity index (χ3v) is 3.81. The summed E-state index contributed by atoms with van der Waals surface area (Å²) in [6.45, 7) is 7.31. The maximum Gasteiger partial charge on any atom is 0.230 e. The van der Waals surface area contributed by atoms with Crippen molar-refractivity contribution < 1.29 is 9.53 Å². The minimum Gasteiger partial charge on any atom is -0.390 e. The van der Waals surface area contributed by atoms with Crippen LogP contribution in [-0.2, 0) is 9.53 Å². The Morgan fingerprint density at radius 2 is 2.17 bits per heavy atom. The van der Waals surface area contributed by atoms with E-state index < -0.39 is 5.41 Å². The van der Waals surface area contributed by atoms with E-state index in [9.17, 15) is 4.79 Å². The highest BCUT2D eigenvalue weighted by Gasteiger charge is 2.25. The average Bonchev–Trinajstić information content (AvgIpc) is 2.53. The molecule has 1 aromatic carbocycles. The molecule has 0 atom stereocenters. The molecule has 0 aromatic heterocycles. The molecule has 6 nitrogen and oxygen atoms in total. The normalized spacial score (nSPS) is 11.7. The van der Waals surface area contributed by atoms with Gasteiger partial charge in [-0.3, -0.25) is 4.79 Å². The van der Waals surface area contributed by atoms with Gasteiger partial charge in [0.2, 0.25) is 5.91 Å². The fourth-order valence-electron chi connectivity index (χ4n) is 1.85. The molecule has 6 heteroatoms. The monoisotopic (exact) mass is 320 g/mol. The number of carbonyl (C=O) groups is 1. The zero-order chi connectivity index (χ0) is 17.3. The van der Waals surface area contributed by atoms with Crippen LogP contribution < -0.4 is 16.4 Å². The van der Waals surface area contributed by atoms with Crippen LogP contribution in [0.15, 0.2) is 23.2 Å². The number of nitrogens with two attached hydrogens (primary N) is 1. The molecular formula is C17H28N4O2. The Hall–Kier alpha value is -2.08. The van der Waals surface area contributed by atoms with Gasteiger partial charge in [-0.15, -0.1) is 0 Å². The number of hydrogen-bond donors (Lipinski definition) is 3. The van der Waals surface area contributed by atoms with Crippen molar-refractivity contribution >= 4 is 29.3 Å². The first-order valence-corrected chi connectivity index (χ1v) is 7.87. The summed E-state index contributed by atoms with van der Waals surface area (Å²) in [7, 11) is 1.68. The second-order valence-corrected chi connectivity index (χ2v) is 5.97. The standard InChI is InChI=1S/C17H28N4O2/c1-5-17(2,3)16(22)21-13-7-8-14(15(11-13)20-12-18)19-9-6-10-23-4/h7-8,11-12,19H,5-6,9-10H2,1-4H3,(H2,18,20)(H,21,22). The third kappa shape index (κ3) is 5.90. The van der Waals surface area contributed by atoms with E-state index in [4.69, 9.17) is 10.5 Å². The second kappa shape index (κ2) is 9.15. The van der Waals surface area contributed by atoms with Crippen LogP contribution in [0, 0.1) is 5.41 Å². The molecule has 0 saturated carbocycles. The van der Waals surface area contributed by atoms with Crippen LogP contribution in [0.3, 0.4) is 0 Å². The van der Waals surface area contributed by atoms with Crippen LogP contribution in [-0.4, -0.2) is 32.5 Å². The van der Waals surface area contributed by atoms with Gasteiger partial charge in [-0.05, 0) is 31.0 Å². The number of benzene rings is 1. The van der Waals surface area contributed by atoms with Crippen molar-refractivity contribution in [3.63, 3.8) is 0 Å². The van der Waals surface area contributed by atoms with Crippen molar-refractivity contribution in [3.8, 4) is 0 Å². The van der Waals surface area contributed by atoms with Gasteiger partial charge in [0.15, 0.2) is 0 Å². The number of ether oxygens (including phenoxy) is 1. The summed E-state index contributed by atoms with van der Waals surface area (Å²) in [6, 6.07) is 5.56. The Morgan fingerprint density at radius 1 is 1.43 bits per heavy atom. The van der Waals surface area contributed by atoms with Gasteiger partial charge >= 0.3 is 0 Å². The van der Waals surface area contributed by atoms with E-state index in [2.05, 4.69) is 15.6 Å². The first-order chi connectivity index (χ1) is 10.9. The van der Waals surface area contributed by atoms with Crippen molar-refractivity contribution in [2.24, 2.45) is 16.1 Å². The van der Waals surface area contributed by atoms with Crippen molar-refractivity contribution in [2.75, 3.05) is 30.9 Å². The summed E-state index contributed by atoms with van der Waals surface area (Å²) in [5, 5.41) is 6.23. The first kappa shape index (κ1) is 19.0. The van der Waals surface area contributed by atoms with E-state index in [1.807, 2.05) is 39.0 Å². The maximum absolute atomic E-state index is 12.3. The lowest BCUT2D eigenvalue weighted by Gasteiger charge is -2.21. The minimum absolute atomic E-state index is 0.0107. The number of aliphatic imine (C=N–C) groups is 1. The fourth-order valence-corrected chi connectivity index (χ4v) is 1.85. The number of nitrogens with one attached hydrogen (secondary N) is 2. The Balaban J connectivity index is 2.84. The zero-order valence-electron chi connectivity index (χ0n) is 14.5. The maximum atomic E-state index is 12.3. The molecule has 4 N–H and O–H groups in total. The average molecular weight is 320 g/mol. The van der Waals surface area contributed by atoms with Gasteiger partial charge in [0.1, 0.15) is 0 Å². The van der Waals surface area contributed by atoms with Gasteiger partial charge in [-0.2, -0.15) is 0 Å². The molecule has 0 heterocycles. The molecule has 0 aliphatic heterocycles. The summed E-state index contributed by atoms with van der Waals surface area (Å²) in [5.74, 6) is -0.0107. The van der Waals surface area contributed by atoms with E-state index in [1.165, 1.54) is 6.34 Å². The number of carbonyl (C=O) groups excluding carboxylic acids is 1. The smallest absolute Gasteiger partial charge is 0.230 e. The summed E-state index contributed by atoms with van der Waals surface area (Å²) in [6.07, 6.45) is 2.91. The Labute approximate surface area is 138 Å². The second-order valence-electron chi connectivity index (χ2n) is 5.97. The zero-order valence-corrected chi connectivity index (χ0v) is 14.5. The number of amides is 1. The predicted molar refractivity (Wildman–Crippen MR) is 96.5 cm³/mol. The fraction of sp³-hybridized carbons (Fsp3) is 0.529. The minimum atomic E-state index is -0.408. The van der Waals surface area contributed by atoms with Gasteiger partial charge in [0.05, 0.1) is 17.7 Å². The number of methoxy groups -OCH3 is 1. The number of nitrogens with zero attached hydrogens (tertiary/aromatic N) is 1. The lowest BCUT2D eigenvalue weighted by molar-refractivity contribution is -0.124. The Morgan fingerprint density at radius 3 is 2.78 bits per heavy atom. The first-order valence-electron chi connectivity index (χ1n) is 7.87. The molecule has 128 valence electrons. The van der Waals surface area contributed by atoms with Crippen molar-refractivity contribution in [2.45, 2.75) is 33.6 Å². The highest BCUT2D eigenvalue weighted by atomic mass is 16.5. The Kier molecular flexibility index (Phi) is 7.54. The quantitative estimate of drug-likeness (QED) is 0.370. The molecule has 0 saturated heterocycles. The van der Waals surface area contributed by atoms with Gasteiger partial charge in [0, 0.05) is 31.4 Å². The largest absolute Gasteiger partial charge is 0.390 e. The van der Waals surface area contributed by atoms with Crippen LogP contribution in [0.4, 0.5) is 17.1 Å². The number of anilines is 2. The van der Waals surface area contributed by atoms with E-state index in [0.717, 1.165) is 25.1 Å². The molecular weight excluding hydrogens is 292 g/mol. The van der Waals surface area contributed by atoms with E-state index in [0.29, 0.717) is 18.0 Å². The summed E-state index contributed by atoms with van der Waals surface area (Å²) >= 11 is 0. The number of rotatable bonds is 9. The number of hydrogen-bond acceptors (Lipinski definition) is 4. The highest BCUT2D eigenvalue weighted by Crippen LogP contribution is 2.30. The molecule has 1 aromatic rings. The van der Waals surface area contributed by atoms with Crippen LogP contribution in [0.25, 0.3) is 0 Å². The van der Waals surface area contributed by atoms with Gasteiger partial charge in [0.25, 0.3) is 0 Å². The SMILES string of the molecule is CCC(C)(C)C(=O)Nc1ccc(NCCCOC)c(N=CN)c1. The van der Waals surface area contributed by atoms with Crippen molar-refractivity contribution in [3.05, 3.63) is 18.2 Å². The van der Waals surface area contributed by atoms with Crippen LogP contribution in [0.2, 0.25) is 0 Å². The third-order valence-electron chi connectivity index (χ3n) is 3.81. The molecule has 0 fully saturated rings. The molecule has 0 bridgehead atoms. The summed E-state index contributed by atoms with van der Waals surface area (Å²) < 4.78 is 5.03. The lowest BCUT2D eigenvalue weighted by Crippen LogP contribution is -2.29. The van der Waals surface area contributed by atoms with Crippen molar-refractivity contribution in [1.82, 2.24) is 0 Å². The van der Waals surface area contributed by atoms with Gasteiger partial charge in [-0.25, -0.2) is 4.99 Å². The van der Waals surface area contributed by atoms with Crippen LogP contribution in [0.5, 0.6) is 0 Å². The summed E-state index contributed by atoms with van der Waals surface area (Å²) in [4.78, 5) is 16.4. The summed E-state index contributed by atoms with van der Waals surface area (Å²) in [5.41, 5.74) is 7.28. The van der Waals surface area contributed by atoms with Crippen LogP contribution >= 0.6 is 0 Å². The van der Waals surface area contributed by atoms with Crippen LogP contribution in [0.1, 0.15) is 33.6 Å². The van der Waals surface area contributed by atoms with Gasteiger partial charge in [-0.1, -0.05) is 20.8 Å². The lowest BCUT2D eigenvalue weighted by atomic mass is 9.89. The topological polar surface area (TPSA) is 88.7 Å². The highest BCUT2D eigenvalue weighted by molar-refractivity contribution is 5.95. The molecule has 1 amide bonds. The van der Waals surface area contributed by atoms with E-state index in [1.54, 1.807) is 7.11 Å². The predicted octanol–water partition coefficient (Wildman–Crippen LogP) is 3.13. The molecule has 23 heavy (non-hydrogen) atoms. The Bertz CT molecular complexity index is 541. The molecule has 0 unspecified atom stereocenters. The van der Waals surface area contributed by atoms with E-state index >= 15 is 0 Å². The molecule has 0 aliphatic carbocycles. The molecule has 0 spiro atoms. The molecule has 0 aliphatic rings. The van der Waals surface area contributed by atoms with E-state index in [-0.39, 0.29) is 5.91 Å². The molecule has 0 radical (unpaired) electrons. The van der Waals surface area contributed by atoms with Crippen molar-refractivity contribution in [1.29, 1.82) is 0 Å². The van der Waals surface area contributed by atoms with Gasteiger partial charge < -0.3 is 21.1 Å².